The molecule has 0 aliphatic rings. The molecule has 0 radical (unpaired) electrons. The normalized spacial score (nSPS) is 10.7. The molecule has 0 fully saturated rings. The number of Topliss-reactive ketones (excluding diaryl/α,β-unsaturated/α-hetero) is 1. The summed E-state index contributed by atoms with van der Waals surface area (Å²) in [5, 5.41) is 20.6. The van der Waals surface area contributed by atoms with E-state index in [1.54, 1.807) is 18.2 Å². The van der Waals surface area contributed by atoms with Crippen molar-refractivity contribution in [3.8, 4) is 22.8 Å². The van der Waals surface area contributed by atoms with Crippen LogP contribution in [0, 0.1) is 10.1 Å². The maximum atomic E-state index is 12.7. The number of rotatable bonds is 8. The van der Waals surface area contributed by atoms with Gasteiger partial charge in [0.2, 0.25) is 0 Å². The first-order valence-corrected chi connectivity index (χ1v) is 11.1. The van der Waals surface area contributed by atoms with Gasteiger partial charge in [-0.05, 0) is 18.2 Å². The van der Waals surface area contributed by atoms with Gasteiger partial charge in [-0.2, -0.15) is 0 Å². The summed E-state index contributed by atoms with van der Waals surface area (Å²) >= 11 is 7.54. The number of ketones is 1. The molecule has 0 bridgehead atoms. The minimum Gasteiger partial charge on any atom is -0.495 e. The van der Waals surface area contributed by atoms with Gasteiger partial charge >= 0.3 is 0 Å². The third-order valence-corrected chi connectivity index (χ3v) is 5.99. The number of benzene rings is 3. The van der Waals surface area contributed by atoms with E-state index >= 15 is 0 Å². The monoisotopic (exact) mass is 480 g/mol. The summed E-state index contributed by atoms with van der Waals surface area (Å²) in [4.78, 5) is 23.2. The molecule has 0 aliphatic heterocycles. The van der Waals surface area contributed by atoms with E-state index in [1.165, 1.54) is 37.1 Å². The third-order valence-electron chi connectivity index (χ3n) is 4.77. The van der Waals surface area contributed by atoms with Crippen molar-refractivity contribution in [2.45, 2.75) is 5.16 Å². The van der Waals surface area contributed by atoms with Crippen LogP contribution in [0.15, 0.2) is 78.0 Å². The quantitative estimate of drug-likeness (QED) is 0.142. The Hall–Kier alpha value is -3.69. The number of ether oxygens (including phenoxy) is 1. The Morgan fingerprint density at radius 1 is 1.09 bits per heavy atom. The van der Waals surface area contributed by atoms with Crippen molar-refractivity contribution in [1.82, 2.24) is 14.8 Å². The molecule has 4 aromatic rings. The summed E-state index contributed by atoms with van der Waals surface area (Å²) < 4.78 is 7.06. The van der Waals surface area contributed by atoms with Gasteiger partial charge in [-0.3, -0.25) is 19.5 Å². The highest BCUT2D eigenvalue weighted by Gasteiger charge is 2.19. The predicted molar refractivity (Wildman–Crippen MR) is 127 cm³/mol. The molecule has 0 atom stereocenters. The molecule has 3 aromatic carbocycles. The van der Waals surface area contributed by atoms with Crippen LogP contribution in [0.3, 0.4) is 0 Å². The summed E-state index contributed by atoms with van der Waals surface area (Å²) in [7, 11) is 1.54. The fourth-order valence-corrected chi connectivity index (χ4v) is 4.27. The Labute approximate surface area is 198 Å². The molecule has 8 nitrogen and oxygen atoms in total. The molecule has 4 rings (SSSR count). The van der Waals surface area contributed by atoms with Crippen molar-refractivity contribution in [2.24, 2.45) is 0 Å². The number of methoxy groups -OCH3 is 1. The lowest BCUT2D eigenvalue weighted by Crippen LogP contribution is -2.05. The van der Waals surface area contributed by atoms with Gasteiger partial charge in [0.25, 0.3) is 5.69 Å². The maximum absolute atomic E-state index is 12.7. The van der Waals surface area contributed by atoms with Crippen LogP contribution in [0.25, 0.3) is 17.1 Å². The molecule has 0 spiro atoms. The molecule has 166 valence electrons. The van der Waals surface area contributed by atoms with Crippen LogP contribution < -0.4 is 4.74 Å². The molecule has 0 saturated heterocycles. The SMILES string of the molecule is COc1ccc(-n2c(SCC(=O)c3cccc([N+](=O)[O-])c3)nnc2-c2ccccc2)cc1Cl. The summed E-state index contributed by atoms with van der Waals surface area (Å²) in [5.74, 6) is 0.886. The number of hydrogen-bond donors (Lipinski definition) is 0. The van der Waals surface area contributed by atoms with E-state index in [1.807, 2.05) is 41.0 Å². The van der Waals surface area contributed by atoms with Crippen LogP contribution in [-0.4, -0.2) is 38.3 Å². The summed E-state index contributed by atoms with van der Waals surface area (Å²) in [5.41, 5.74) is 1.68. The number of nitro benzene ring substituents is 1. The fraction of sp³-hybridized carbons (Fsp3) is 0.0870. The van der Waals surface area contributed by atoms with Gasteiger partial charge in [-0.15, -0.1) is 10.2 Å². The molecular formula is C23H17ClN4O4S. The van der Waals surface area contributed by atoms with E-state index < -0.39 is 4.92 Å². The van der Waals surface area contributed by atoms with Gasteiger partial charge in [0.15, 0.2) is 16.8 Å². The van der Waals surface area contributed by atoms with E-state index in [-0.39, 0.29) is 22.8 Å². The van der Waals surface area contributed by atoms with Crippen molar-refractivity contribution >= 4 is 34.8 Å². The maximum Gasteiger partial charge on any atom is 0.270 e. The zero-order valence-electron chi connectivity index (χ0n) is 17.3. The molecule has 1 aromatic heterocycles. The number of non-ortho nitro benzene ring substituents is 1. The lowest BCUT2D eigenvalue weighted by Gasteiger charge is -2.12. The average Bonchev–Trinajstić information content (AvgIpc) is 3.27. The number of nitrogens with zero attached hydrogens (tertiary/aromatic N) is 4. The van der Waals surface area contributed by atoms with Crippen LogP contribution in [0.1, 0.15) is 10.4 Å². The van der Waals surface area contributed by atoms with Crippen LogP contribution >= 0.6 is 23.4 Å². The number of carbonyl (C=O) groups is 1. The van der Waals surface area contributed by atoms with Gasteiger partial charge in [-0.25, -0.2) is 0 Å². The van der Waals surface area contributed by atoms with Crippen molar-refractivity contribution in [2.75, 3.05) is 12.9 Å². The van der Waals surface area contributed by atoms with Gasteiger partial charge in [0, 0.05) is 23.3 Å². The topological polar surface area (TPSA) is 100 Å². The van der Waals surface area contributed by atoms with Crippen LogP contribution in [0.2, 0.25) is 5.02 Å². The fourth-order valence-electron chi connectivity index (χ4n) is 3.17. The number of aromatic nitrogens is 3. The lowest BCUT2D eigenvalue weighted by molar-refractivity contribution is -0.384. The summed E-state index contributed by atoms with van der Waals surface area (Å²) in [6.45, 7) is 0. The average molecular weight is 481 g/mol. The first-order valence-electron chi connectivity index (χ1n) is 9.73. The first kappa shape index (κ1) is 22.5. The Balaban J connectivity index is 1.68. The molecule has 0 saturated carbocycles. The zero-order valence-corrected chi connectivity index (χ0v) is 18.9. The van der Waals surface area contributed by atoms with Crippen LogP contribution in [-0.2, 0) is 0 Å². The molecule has 0 N–H and O–H groups in total. The largest absolute Gasteiger partial charge is 0.495 e. The van der Waals surface area contributed by atoms with E-state index in [4.69, 9.17) is 16.3 Å². The second-order valence-electron chi connectivity index (χ2n) is 6.85. The Morgan fingerprint density at radius 2 is 1.88 bits per heavy atom. The molecule has 0 aliphatic carbocycles. The van der Waals surface area contributed by atoms with Crippen LogP contribution in [0.5, 0.6) is 5.75 Å². The zero-order chi connectivity index (χ0) is 23.4. The van der Waals surface area contributed by atoms with Crippen LogP contribution in [0.4, 0.5) is 5.69 Å². The van der Waals surface area contributed by atoms with Gasteiger partial charge < -0.3 is 4.74 Å². The summed E-state index contributed by atoms with van der Waals surface area (Å²) in [6, 6.07) is 20.5. The molecule has 10 heteroatoms. The number of nitro groups is 1. The molecule has 1 heterocycles. The van der Waals surface area contributed by atoms with Crippen molar-refractivity contribution in [3.05, 3.63) is 93.5 Å². The van der Waals surface area contributed by atoms with E-state index in [2.05, 4.69) is 10.2 Å². The minimum atomic E-state index is -0.528. The van der Waals surface area contributed by atoms with E-state index in [0.29, 0.717) is 27.4 Å². The second kappa shape index (κ2) is 9.85. The number of carbonyl (C=O) groups excluding carboxylic acids is 1. The predicted octanol–water partition coefficient (Wildman–Crippen LogP) is 5.48. The number of hydrogen-bond acceptors (Lipinski definition) is 7. The highest BCUT2D eigenvalue weighted by Crippen LogP contribution is 2.32. The van der Waals surface area contributed by atoms with Gasteiger partial charge in [0.1, 0.15) is 5.75 Å². The molecule has 33 heavy (non-hydrogen) atoms. The Morgan fingerprint density at radius 3 is 2.58 bits per heavy atom. The van der Waals surface area contributed by atoms with Gasteiger partial charge in [0.05, 0.1) is 28.5 Å². The number of halogens is 1. The second-order valence-corrected chi connectivity index (χ2v) is 8.20. The van der Waals surface area contributed by atoms with Gasteiger partial charge in [-0.1, -0.05) is 65.8 Å². The standard InChI is InChI=1S/C23H17ClN4O4S/c1-32-21-11-10-17(13-19(21)24)27-22(15-6-3-2-4-7-15)25-26-23(27)33-14-20(29)16-8-5-9-18(12-16)28(30)31/h2-13H,14H2,1H3. The minimum absolute atomic E-state index is 0.0258. The van der Waals surface area contributed by atoms with Crippen molar-refractivity contribution in [1.29, 1.82) is 0 Å². The highest BCUT2D eigenvalue weighted by atomic mass is 35.5. The molecule has 0 amide bonds. The van der Waals surface area contributed by atoms with E-state index in [9.17, 15) is 14.9 Å². The van der Waals surface area contributed by atoms with Crippen molar-refractivity contribution < 1.29 is 14.5 Å². The molecular weight excluding hydrogens is 464 g/mol. The molecule has 0 unspecified atom stereocenters. The smallest absolute Gasteiger partial charge is 0.270 e. The highest BCUT2D eigenvalue weighted by molar-refractivity contribution is 7.99. The number of thioether (sulfide) groups is 1. The summed E-state index contributed by atoms with van der Waals surface area (Å²) in [6.07, 6.45) is 0. The Bertz CT molecular complexity index is 1330. The Kier molecular flexibility index (Phi) is 6.71. The van der Waals surface area contributed by atoms with Crippen molar-refractivity contribution in [3.63, 3.8) is 0 Å². The first-order chi connectivity index (χ1) is 16.0. The lowest BCUT2D eigenvalue weighted by atomic mass is 10.1. The third kappa shape index (κ3) is 4.89. The van der Waals surface area contributed by atoms with E-state index in [0.717, 1.165) is 5.56 Å².